The molecule has 1 aromatic carbocycles. The summed E-state index contributed by atoms with van der Waals surface area (Å²) in [7, 11) is 0. The van der Waals surface area contributed by atoms with Crippen molar-refractivity contribution in [1.29, 1.82) is 0 Å². The van der Waals surface area contributed by atoms with Crippen molar-refractivity contribution in [3.8, 4) is 0 Å². The first kappa shape index (κ1) is 19.6. The number of hydrogen-bond acceptors (Lipinski definition) is 5. The second-order valence-corrected chi connectivity index (χ2v) is 7.08. The lowest BCUT2D eigenvalue weighted by Gasteiger charge is -2.36. The largest absolute Gasteiger partial charge is 0.480 e. The molecule has 0 atom stereocenters. The minimum absolute atomic E-state index is 0.320. The van der Waals surface area contributed by atoms with E-state index in [9.17, 15) is 14.4 Å². The molecule has 1 aromatic rings. The van der Waals surface area contributed by atoms with Gasteiger partial charge in [-0.3, -0.25) is 9.59 Å². The summed E-state index contributed by atoms with van der Waals surface area (Å²) in [5.41, 5.74) is 0.737. The normalized spacial score (nSPS) is 14.7. The highest BCUT2D eigenvalue weighted by atomic mass is 16.6. The van der Waals surface area contributed by atoms with Gasteiger partial charge in [0.15, 0.2) is 0 Å². The number of carboxylic acids is 1. The van der Waals surface area contributed by atoms with Crippen molar-refractivity contribution in [1.82, 2.24) is 10.2 Å². The van der Waals surface area contributed by atoms with Gasteiger partial charge in [0, 0.05) is 37.4 Å². The van der Waals surface area contributed by atoms with Gasteiger partial charge < -0.3 is 25.0 Å². The standard InChI is InChI=1S/C18H25N3O5/c1-18(2,3)26-17(25)21-9-7-20(8-10-21)14-6-4-5-13(11-14)16(24)19-12-15(22)23/h4-6,11H,7-10,12H2,1-3H3,(H,19,24)(H,22,23). The molecule has 1 aliphatic rings. The zero-order valence-corrected chi connectivity index (χ0v) is 15.3. The summed E-state index contributed by atoms with van der Waals surface area (Å²) in [6.07, 6.45) is -0.320. The first-order chi connectivity index (χ1) is 12.2. The van der Waals surface area contributed by atoms with E-state index in [1.54, 1.807) is 23.1 Å². The fraction of sp³-hybridized carbons (Fsp3) is 0.500. The Hall–Kier alpha value is -2.77. The monoisotopic (exact) mass is 363 g/mol. The minimum atomic E-state index is -1.09. The van der Waals surface area contributed by atoms with E-state index in [4.69, 9.17) is 9.84 Å². The van der Waals surface area contributed by atoms with Crippen LogP contribution in [0.3, 0.4) is 0 Å². The van der Waals surface area contributed by atoms with Crippen LogP contribution in [0.2, 0.25) is 0 Å². The number of anilines is 1. The second kappa shape index (κ2) is 8.07. The molecule has 1 heterocycles. The fourth-order valence-electron chi connectivity index (χ4n) is 2.58. The minimum Gasteiger partial charge on any atom is -0.480 e. The zero-order valence-electron chi connectivity index (χ0n) is 15.3. The van der Waals surface area contributed by atoms with Crippen LogP contribution in [-0.4, -0.2) is 66.3 Å². The van der Waals surface area contributed by atoms with Gasteiger partial charge in [0.1, 0.15) is 12.1 Å². The Morgan fingerprint density at radius 1 is 1.15 bits per heavy atom. The SMILES string of the molecule is CC(C)(C)OC(=O)N1CCN(c2cccc(C(=O)NCC(=O)O)c2)CC1. The fourth-order valence-corrected chi connectivity index (χ4v) is 2.58. The summed E-state index contributed by atoms with van der Waals surface area (Å²) < 4.78 is 5.38. The van der Waals surface area contributed by atoms with E-state index >= 15 is 0 Å². The maximum absolute atomic E-state index is 12.1. The number of hydrogen-bond donors (Lipinski definition) is 2. The van der Waals surface area contributed by atoms with Crippen LogP contribution in [0, 0.1) is 0 Å². The molecular weight excluding hydrogens is 338 g/mol. The third-order valence-electron chi connectivity index (χ3n) is 3.81. The number of nitrogens with one attached hydrogen (secondary N) is 1. The van der Waals surface area contributed by atoms with Crippen LogP contribution in [0.15, 0.2) is 24.3 Å². The molecule has 0 bridgehead atoms. The number of nitrogens with zero attached hydrogens (tertiary/aromatic N) is 2. The highest BCUT2D eigenvalue weighted by Crippen LogP contribution is 2.19. The lowest BCUT2D eigenvalue weighted by Crippen LogP contribution is -2.50. The van der Waals surface area contributed by atoms with Gasteiger partial charge in [0.2, 0.25) is 0 Å². The van der Waals surface area contributed by atoms with Crippen molar-refractivity contribution in [3.63, 3.8) is 0 Å². The molecule has 2 rings (SSSR count). The van der Waals surface area contributed by atoms with Crippen LogP contribution in [0.4, 0.5) is 10.5 Å². The van der Waals surface area contributed by atoms with Crippen molar-refractivity contribution in [3.05, 3.63) is 29.8 Å². The smallest absolute Gasteiger partial charge is 0.410 e. The van der Waals surface area contributed by atoms with Gasteiger partial charge in [-0.15, -0.1) is 0 Å². The van der Waals surface area contributed by atoms with Crippen LogP contribution in [0.5, 0.6) is 0 Å². The number of rotatable bonds is 4. The van der Waals surface area contributed by atoms with Gasteiger partial charge >= 0.3 is 12.1 Å². The summed E-state index contributed by atoms with van der Waals surface area (Å²) in [5, 5.41) is 11.0. The Morgan fingerprint density at radius 3 is 2.38 bits per heavy atom. The Kier molecular flexibility index (Phi) is 6.07. The molecule has 0 radical (unpaired) electrons. The third kappa shape index (κ3) is 5.65. The lowest BCUT2D eigenvalue weighted by molar-refractivity contribution is -0.135. The number of benzene rings is 1. The number of ether oxygens (including phenoxy) is 1. The van der Waals surface area contributed by atoms with Gasteiger partial charge in [-0.25, -0.2) is 4.79 Å². The molecule has 2 amide bonds. The maximum Gasteiger partial charge on any atom is 0.410 e. The summed E-state index contributed by atoms with van der Waals surface area (Å²) in [6, 6.07) is 7.00. The summed E-state index contributed by atoms with van der Waals surface area (Å²) in [5.74, 6) is -1.52. The predicted octanol–water partition coefficient (Wildman–Crippen LogP) is 1.56. The molecule has 0 unspecified atom stereocenters. The average molecular weight is 363 g/mol. The average Bonchev–Trinajstić information content (AvgIpc) is 2.58. The number of carbonyl (C=O) groups excluding carboxylic acids is 2. The highest BCUT2D eigenvalue weighted by molar-refractivity contribution is 5.96. The number of carbonyl (C=O) groups is 3. The highest BCUT2D eigenvalue weighted by Gasteiger charge is 2.26. The second-order valence-electron chi connectivity index (χ2n) is 7.08. The van der Waals surface area contributed by atoms with Gasteiger partial charge in [0.25, 0.3) is 5.91 Å². The van der Waals surface area contributed by atoms with E-state index < -0.39 is 24.0 Å². The van der Waals surface area contributed by atoms with Crippen molar-refractivity contribution in [2.45, 2.75) is 26.4 Å². The number of piperazine rings is 1. The Bertz CT molecular complexity index is 676. The number of aliphatic carboxylic acids is 1. The van der Waals surface area contributed by atoms with Gasteiger partial charge in [0.05, 0.1) is 0 Å². The molecule has 142 valence electrons. The van der Waals surface area contributed by atoms with E-state index in [0.29, 0.717) is 31.7 Å². The molecule has 0 aliphatic carbocycles. The van der Waals surface area contributed by atoms with E-state index in [1.165, 1.54) is 0 Å². The molecule has 1 aliphatic heterocycles. The van der Waals surface area contributed by atoms with E-state index in [2.05, 4.69) is 10.2 Å². The van der Waals surface area contributed by atoms with Gasteiger partial charge in [-0.05, 0) is 39.0 Å². The molecule has 0 spiro atoms. The zero-order chi connectivity index (χ0) is 19.3. The molecule has 8 heteroatoms. The predicted molar refractivity (Wildman–Crippen MR) is 96.4 cm³/mol. The van der Waals surface area contributed by atoms with Crippen molar-refractivity contribution in [2.75, 3.05) is 37.6 Å². The van der Waals surface area contributed by atoms with E-state index in [-0.39, 0.29) is 6.09 Å². The van der Waals surface area contributed by atoms with E-state index in [1.807, 2.05) is 26.8 Å². The van der Waals surface area contributed by atoms with Crippen molar-refractivity contribution in [2.24, 2.45) is 0 Å². The van der Waals surface area contributed by atoms with Crippen LogP contribution >= 0.6 is 0 Å². The summed E-state index contributed by atoms with van der Waals surface area (Å²) >= 11 is 0. The molecule has 2 N–H and O–H groups in total. The quantitative estimate of drug-likeness (QED) is 0.842. The molecule has 0 saturated carbocycles. The topological polar surface area (TPSA) is 99.2 Å². The first-order valence-electron chi connectivity index (χ1n) is 8.48. The van der Waals surface area contributed by atoms with Gasteiger partial charge in [-0.2, -0.15) is 0 Å². The summed E-state index contributed by atoms with van der Waals surface area (Å²) in [6.45, 7) is 7.40. The van der Waals surface area contributed by atoms with Crippen LogP contribution < -0.4 is 10.2 Å². The van der Waals surface area contributed by atoms with Crippen molar-refractivity contribution >= 4 is 23.7 Å². The molecule has 0 aromatic heterocycles. The molecule has 1 saturated heterocycles. The van der Waals surface area contributed by atoms with Crippen LogP contribution in [-0.2, 0) is 9.53 Å². The summed E-state index contributed by atoms with van der Waals surface area (Å²) in [4.78, 5) is 38.4. The van der Waals surface area contributed by atoms with E-state index in [0.717, 1.165) is 5.69 Å². The Labute approximate surface area is 152 Å². The Balaban J connectivity index is 1.95. The molecule has 1 fully saturated rings. The number of amides is 2. The molecule has 8 nitrogen and oxygen atoms in total. The third-order valence-corrected chi connectivity index (χ3v) is 3.81. The van der Waals surface area contributed by atoms with Crippen LogP contribution in [0.25, 0.3) is 0 Å². The first-order valence-corrected chi connectivity index (χ1v) is 8.48. The van der Waals surface area contributed by atoms with Crippen molar-refractivity contribution < 1.29 is 24.2 Å². The lowest BCUT2D eigenvalue weighted by atomic mass is 10.1. The molecular formula is C18H25N3O5. The maximum atomic E-state index is 12.1. The molecule has 26 heavy (non-hydrogen) atoms. The van der Waals surface area contributed by atoms with Gasteiger partial charge in [-0.1, -0.05) is 6.07 Å². The number of carboxylic acid groups (broad SMARTS) is 1. The van der Waals surface area contributed by atoms with Crippen LogP contribution in [0.1, 0.15) is 31.1 Å². The Morgan fingerprint density at radius 2 is 1.81 bits per heavy atom.